The predicted molar refractivity (Wildman–Crippen MR) is 110 cm³/mol. The van der Waals surface area contributed by atoms with Crippen molar-refractivity contribution in [2.45, 2.75) is 37.2 Å². The van der Waals surface area contributed by atoms with E-state index in [0.29, 0.717) is 16.3 Å². The maximum absolute atomic E-state index is 12.9. The number of nitrogens with zero attached hydrogens (tertiary/aromatic N) is 1. The molecular weight excluding hydrogens is 395 g/mol. The molecule has 2 aromatic carbocycles. The smallest absolute Gasteiger partial charge is 0.269 e. The molecule has 0 radical (unpaired) electrons. The Labute approximate surface area is 174 Å². The number of nitriles is 1. The molecule has 6 heteroatoms. The highest BCUT2D eigenvalue weighted by atomic mass is 35.5. The van der Waals surface area contributed by atoms with Crippen molar-refractivity contribution >= 4 is 34.8 Å². The molecular formula is C22H18Cl2N2O2. The lowest BCUT2D eigenvalue weighted by Gasteiger charge is -2.27. The average molecular weight is 413 g/mol. The van der Waals surface area contributed by atoms with Crippen LogP contribution in [0, 0.1) is 23.2 Å². The third-order valence-corrected chi connectivity index (χ3v) is 5.59. The monoisotopic (exact) mass is 412 g/mol. The zero-order valence-corrected chi connectivity index (χ0v) is 16.7. The second kappa shape index (κ2) is 7.86. The summed E-state index contributed by atoms with van der Waals surface area (Å²) < 4.78 is 0. The van der Waals surface area contributed by atoms with Gasteiger partial charge in [0.25, 0.3) is 5.91 Å². The van der Waals surface area contributed by atoms with Crippen molar-refractivity contribution in [3.63, 3.8) is 0 Å². The number of nitrogens with one attached hydrogen (secondary N) is 1. The standard InChI is InChI=1S/C22H18Cl2N2O2/c1-2-9-22(28,14-21(10-11-21)17-5-3-4-6-18(17)23)20(27)26-16-8-7-15(13-25)19(24)12-16/h3-8,12,28H,10-11,14H2,1H3,(H,26,27). The van der Waals surface area contributed by atoms with Crippen molar-refractivity contribution in [1.29, 1.82) is 5.26 Å². The molecule has 4 nitrogen and oxygen atoms in total. The van der Waals surface area contributed by atoms with Crippen LogP contribution in [0.4, 0.5) is 5.69 Å². The summed E-state index contributed by atoms with van der Waals surface area (Å²) in [6.07, 6.45) is 1.78. The van der Waals surface area contributed by atoms with Gasteiger partial charge in [0.2, 0.25) is 5.60 Å². The second-order valence-electron chi connectivity index (χ2n) is 6.93. The molecule has 142 valence electrons. The fourth-order valence-electron chi connectivity index (χ4n) is 3.38. The Morgan fingerprint density at radius 3 is 2.54 bits per heavy atom. The molecule has 2 aromatic rings. The maximum Gasteiger partial charge on any atom is 0.269 e. The SMILES string of the molecule is CC#CC(O)(CC1(c2ccccc2Cl)CC1)C(=O)Nc1ccc(C#N)c(Cl)c1. The minimum absolute atomic E-state index is 0.139. The molecule has 28 heavy (non-hydrogen) atoms. The molecule has 1 saturated carbocycles. The van der Waals surface area contributed by atoms with E-state index in [2.05, 4.69) is 17.2 Å². The fraction of sp³-hybridized carbons (Fsp3) is 0.273. The van der Waals surface area contributed by atoms with E-state index in [1.807, 2.05) is 24.3 Å². The van der Waals surface area contributed by atoms with Crippen LogP contribution in [0.3, 0.4) is 0 Å². The molecule has 0 spiro atoms. The van der Waals surface area contributed by atoms with Gasteiger partial charge in [-0.15, -0.1) is 5.92 Å². The Balaban J connectivity index is 1.86. The topological polar surface area (TPSA) is 73.1 Å². The Morgan fingerprint density at radius 2 is 1.96 bits per heavy atom. The van der Waals surface area contributed by atoms with E-state index < -0.39 is 11.5 Å². The summed E-state index contributed by atoms with van der Waals surface area (Å²) in [5.41, 5.74) is -0.657. The van der Waals surface area contributed by atoms with Gasteiger partial charge in [0, 0.05) is 22.5 Å². The van der Waals surface area contributed by atoms with E-state index in [1.165, 1.54) is 12.1 Å². The lowest BCUT2D eigenvalue weighted by atomic mass is 9.82. The summed E-state index contributed by atoms with van der Waals surface area (Å²) in [5.74, 6) is 4.69. The van der Waals surface area contributed by atoms with Gasteiger partial charge in [-0.05, 0) is 49.6 Å². The van der Waals surface area contributed by atoms with E-state index in [9.17, 15) is 9.90 Å². The second-order valence-corrected chi connectivity index (χ2v) is 7.75. The number of halogens is 2. The first-order valence-electron chi connectivity index (χ1n) is 8.76. The molecule has 1 fully saturated rings. The molecule has 1 aliphatic rings. The number of hydrogen-bond acceptors (Lipinski definition) is 3. The van der Waals surface area contributed by atoms with Crippen molar-refractivity contribution in [2.75, 3.05) is 5.32 Å². The number of anilines is 1. The summed E-state index contributed by atoms with van der Waals surface area (Å²) >= 11 is 12.4. The normalized spacial score (nSPS) is 16.1. The lowest BCUT2D eigenvalue weighted by molar-refractivity contribution is -0.130. The molecule has 1 amide bonds. The molecule has 0 heterocycles. The highest BCUT2D eigenvalue weighted by molar-refractivity contribution is 6.32. The van der Waals surface area contributed by atoms with E-state index in [1.54, 1.807) is 19.1 Å². The van der Waals surface area contributed by atoms with Gasteiger partial charge in [-0.3, -0.25) is 4.79 Å². The van der Waals surface area contributed by atoms with Gasteiger partial charge in [0.15, 0.2) is 0 Å². The van der Waals surface area contributed by atoms with E-state index in [0.717, 1.165) is 18.4 Å². The van der Waals surface area contributed by atoms with Crippen molar-refractivity contribution in [2.24, 2.45) is 0 Å². The van der Waals surface area contributed by atoms with E-state index >= 15 is 0 Å². The molecule has 0 aromatic heterocycles. The Kier molecular flexibility index (Phi) is 5.68. The quantitative estimate of drug-likeness (QED) is 0.700. The zero-order chi connectivity index (χ0) is 20.4. The first kappa shape index (κ1) is 20.2. The van der Waals surface area contributed by atoms with Gasteiger partial charge in [-0.1, -0.05) is 47.3 Å². The predicted octanol–water partition coefficient (Wildman–Crippen LogP) is 4.68. The molecule has 0 saturated heterocycles. The first-order valence-corrected chi connectivity index (χ1v) is 9.51. The number of aliphatic hydroxyl groups is 1. The van der Waals surface area contributed by atoms with Crippen LogP contribution in [0.2, 0.25) is 10.0 Å². The Bertz CT molecular complexity index is 1030. The number of rotatable bonds is 5. The minimum Gasteiger partial charge on any atom is -0.369 e. The number of amides is 1. The summed E-state index contributed by atoms with van der Waals surface area (Å²) in [6.45, 7) is 1.58. The summed E-state index contributed by atoms with van der Waals surface area (Å²) in [7, 11) is 0. The van der Waals surface area contributed by atoms with Crippen molar-refractivity contribution in [3.8, 4) is 17.9 Å². The molecule has 2 N–H and O–H groups in total. The number of carbonyl (C=O) groups is 1. The van der Waals surface area contributed by atoms with Crippen LogP contribution in [-0.4, -0.2) is 16.6 Å². The van der Waals surface area contributed by atoms with Gasteiger partial charge < -0.3 is 10.4 Å². The molecule has 1 aliphatic carbocycles. The van der Waals surface area contributed by atoms with Crippen LogP contribution in [0.1, 0.15) is 37.3 Å². The molecule has 1 unspecified atom stereocenters. The highest BCUT2D eigenvalue weighted by Gasteiger charge is 2.52. The average Bonchev–Trinajstić information content (AvgIpc) is 3.42. The van der Waals surface area contributed by atoms with Crippen molar-refractivity contribution in [1.82, 2.24) is 0 Å². The fourth-order valence-corrected chi connectivity index (χ4v) is 3.94. The van der Waals surface area contributed by atoms with Crippen LogP contribution in [0.25, 0.3) is 0 Å². The van der Waals surface area contributed by atoms with Gasteiger partial charge in [0.05, 0.1) is 10.6 Å². The molecule has 1 atom stereocenters. The van der Waals surface area contributed by atoms with Crippen molar-refractivity contribution in [3.05, 3.63) is 63.6 Å². The summed E-state index contributed by atoms with van der Waals surface area (Å²) in [5, 5.41) is 23.6. The van der Waals surface area contributed by atoms with E-state index in [-0.39, 0.29) is 16.9 Å². The van der Waals surface area contributed by atoms with Gasteiger partial charge >= 0.3 is 0 Å². The Hall–Kier alpha value is -2.50. The highest BCUT2D eigenvalue weighted by Crippen LogP contribution is 2.55. The zero-order valence-electron chi connectivity index (χ0n) is 15.2. The molecule has 3 rings (SSSR count). The lowest BCUT2D eigenvalue weighted by Crippen LogP contribution is -2.44. The Morgan fingerprint density at radius 1 is 1.25 bits per heavy atom. The van der Waals surface area contributed by atoms with Gasteiger partial charge in [-0.2, -0.15) is 5.26 Å². The number of carbonyl (C=O) groups excluding carboxylic acids is 1. The number of benzene rings is 2. The van der Waals surface area contributed by atoms with Crippen LogP contribution in [0.5, 0.6) is 0 Å². The molecule has 0 bridgehead atoms. The van der Waals surface area contributed by atoms with Crippen LogP contribution in [0.15, 0.2) is 42.5 Å². The van der Waals surface area contributed by atoms with Crippen LogP contribution >= 0.6 is 23.2 Å². The molecule has 0 aliphatic heterocycles. The minimum atomic E-state index is -1.88. The summed E-state index contributed by atoms with van der Waals surface area (Å²) in [6, 6.07) is 14.0. The van der Waals surface area contributed by atoms with Gasteiger partial charge in [-0.25, -0.2) is 0 Å². The third kappa shape index (κ3) is 4.01. The largest absolute Gasteiger partial charge is 0.369 e. The van der Waals surface area contributed by atoms with E-state index in [4.69, 9.17) is 28.5 Å². The van der Waals surface area contributed by atoms with Crippen LogP contribution < -0.4 is 5.32 Å². The maximum atomic E-state index is 12.9. The first-order chi connectivity index (χ1) is 13.3. The van der Waals surface area contributed by atoms with Crippen molar-refractivity contribution < 1.29 is 9.90 Å². The van der Waals surface area contributed by atoms with Gasteiger partial charge in [0.1, 0.15) is 6.07 Å². The number of hydrogen-bond donors (Lipinski definition) is 2. The summed E-state index contributed by atoms with van der Waals surface area (Å²) in [4.78, 5) is 12.9. The third-order valence-electron chi connectivity index (χ3n) is 4.95. The van der Waals surface area contributed by atoms with Crippen LogP contribution in [-0.2, 0) is 10.2 Å².